The third kappa shape index (κ3) is 5.72. The lowest BCUT2D eigenvalue weighted by atomic mass is 10.2. The van der Waals surface area contributed by atoms with Gasteiger partial charge in [0.2, 0.25) is 0 Å². The normalized spacial score (nSPS) is 10.4. The summed E-state index contributed by atoms with van der Waals surface area (Å²) in [6, 6.07) is 9.35. The van der Waals surface area contributed by atoms with Crippen LogP contribution in [0, 0.1) is 11.3 Å². The molecule has 0 amide bonds. The number of nitrogens with one attached hydrogen (secondary N) is 1. The first-order valence-corrected chi connectivity index (χ1v) is 6.14. The Kier molecular flexibility index (Phi) is 6.50. The summed E-state index contributed by atoms with van der Waals surface area (Å²) < 4.78 is 0. The van der Waals surface area contributed by atoms with E-state index in [2.05, 4.69) is 23.5 Å². The summed E-state index contributed by atoms with van der Waals surface area (Å²) in [6.07, 6.45) is 7.97. The monoisotopic (exact) mass is 229 g/mol. The van der Waals surface area contributed by atoms with Crippen LogP contribution in [0.5, 0.6) is 0 Å². The highest BCUT2D eigenvalue weighted by Gasteiger charge is 1.90. The Morgan fingerprint density at radius 2 is 2.00 bits per heavy atom. The largest absolute Gasteiger partial charge is 0.279 e. The van der Waals surface area contributed by atoms with Gasteiger partial charge in [0.15, 0.2) is 0 Å². The molecule has 0 atom stereocenters. The highest BCUT2D eigenvalue weighted by Crippen LogP contribution is 2.08. The van der Waals surface area contributed by atoms with Crippen molar-refractivity contribution in [2.45, 2.75) is 39.0 Å². The number of hydrazone groups is 1. The zero-order valence-electron chi connectivity index (χ0n) is 10.3. The van der Waals surface area contributed by atoms with Crippen molar-refractivity contribution in [2.24, 2.45) is 5.10 Å². The molecule has 0 unspecified atom stereocenters. The Labute approximate surface area is 103 Å². The van der Waals surface area contributed by atoms with E-state index in [9.17, 15) is 0 Å². The van der Waals surface area contributed by atoms with Crippen LogP contribution in [-0.2, 0) is 0 Å². The molecule has 1 aromatic rings. The highest BCUT2D eigenvalue weighted by molar-refractivity contribution is 5.59. The average molecular weight is 229 g/mol. The van der Waals surface area contributed by atoms with Gasteiger partial charge < -0.3 is 0 Å². The minimum atomic E-state index is 0.666. The molecule has 90 valence electrons. The molecule has 3 nitrogen and oxygen atoms in total. The number of anilines is 1. The van der Waals surface area contributed by atoms with Gasteiger partial charge in [-0.1, -0.05) is 26.2 Å². The second kappa shape index (κ2) is 8.35. The molecular formula is C14H19N3. The number of unbranched alkanes of at least 4 members (excludes halogenated alkanes) is 4. The Hall–Kier alpha value is -1.82. The van der Waals surface area contributed by atoms with E-state index in [1.54, 1.807) is 12.1 Å². The molecule has 0 aliphatic carbocycles. The summed E-state index contributed by atoms with van der Waals surface area (Å²) in [5.41, 5.74) is 4.52. The topological polar surface area (TPSA) is 48.2 Å². The number of nitrogens with zero attached hydrogens (tertiary/aromatic N) is 2. The molecule has 0 radical (unpaired) electrons. The van der Waals surface area contributed by atoms with E-state index in [1.165, 1.54) is 25.7 Å². The smallest absolute Gasteiger partial charge is 0.0991 e. The molecule has 1 aromatic carbocycles. The molecule has 1 rings (SSSR count). The van der Waals surface area contributed by atoms with E-state index in [0.29, 0.717) is 5.56 Å². The number of hydrogen-bond donors (Lipinski definition) is 1. The van der Waals surface area contributed by atoms with Crippen molar-refractivity contribution >= 4 is 11.9 Å². The molecule has 0 fully saturated rings. The van der Waals surface area contributed by atoms with Crippen LogP contribution < -0.4 is 5.43 Å². The van der Waals surface area contributed by atoms with E-state index < -0.39 is 0 Å². The number of rotatable bonds is 7. The van der Waals surface area contributed by atoms with Crippen molar-refractivity contribution < 1.29 is 0 Å². The molecule has 0 aliphatic heterocycles. The lowest BCUT2D eigenvalue weighted by Gasteiger charge is -1.99. The van der Waals surface area contributed by atoms with Crippen LogP contribution >= 0.6 is 0 Å². The predicted molar refractivity (Wildman–Crippen MR) is 72.0 cm³/mol. The number of nitriles is 1. The fraction of sp³-hybridized carbons (Fsp3) is 0.429. The van der Waals surface area contributed by atoms with Gasteiger partial charge in [0, 0.05) is 6.21 Å². The maximum absolute atomic E-state index is 8.65. The minimum absolute atomic E-state index is 0.666. The van der Waals surface area contributed by atoms with Gasteiger partial charge in [0.05, 0.1) is 17.3 Å². The first-order chi connectivity index (χ1) is 8.36. The maximum Gasteiger partial charge on any atom is 0.0991 e. The first kappa shape index (κ1) is 13.2. The second-order valence-corrected chi connectivity index (χ2v) is 3.96. The zero-order chi connectivity index (χ0) is 12.3. The van der Waals surface area contributed by atoms with E-state index in [0.717, 1.165) is 12.1 Å². The molecule has 0 aromatic heterocycles. The Morgan fingerprint density at radius 3 is 2.65 bits per heavy atom. The number of benzene rings is 1. The van der Waals surface area contributed by atoms with Gasteiger partial charge in [0.1, 0.15) is 0 Å². The Bertz CT molecular complexity index is 373. The molecule has 0 heterocycles. The lowest BCUT2D eigenvalue weighted by molar-refractivity contribution is 0.685. The standard InChI is InChI=1S/C14H19N3/c1-2-3-4-5-6-11-16-17-14-9-7-13(12-15)8-10-14/h7-11,17H,2-6H2,1H3/b16-11+. The summed E-state index contributed by atoms with van der Waals surface area (Å²) in [6.45, 7) is 2.21. The van der Waals surface area contributed by atoms with Gasteiger partial charge in [-0.05, 0) is 37.1 Å². The third-order valence-electron chi connectivity index (χ3n) is 2.49. The molecule has 0 aliphatic rings. The van der Waals surface area contributed by atoms with Crippen LogP contribution in [0.1, 0.15) is 44.6 Å². The van der Waals surface area contributed by atoms with Gasteiger partial charge in [-0.15, -0.1) is 0 Å². The van der Waals surface area contributed by atoms with Crippen molar-refractivity contribution in [3.63, 3.8) is 0 Å². The summed E-state index contributed by atoms with van der Waals surface area (Å²) in [7, 11) is 0. The van der Waals surface area contributed by atoms with Crippen molar-refractivity contribution in [3.8, 4) is 6.07 Å². The molecule has 0 saturated heterocycles. The molecule has 17 heavy (non-hydrogen) atoms. The van der Waals surface area contributed by atoms with Crippen LogP contribution in [0.4, 0.5) is 5.69 Å². The van der Waals surface area contributed by atoms with Crippen LogP contribution in [0.15, 0.2) is 29.4 Å². The molecule has 0 bridgehead atoms. The van der Waals surface area contributed by atoms with Crippen molar-refractivity contribution in [3.05, 3.63) is 29.8 Å². The zero-order valence-corrected chi connectivity index (χ0v) is 10.3. The first-order valence-electron chi connectivity index (χ1n) is 6.14. The quantitative estimate of drug-likeness (QED) is 0.437. The van der Waals surface area contributed by atoms with Crippen molar-refractivity contribution in [1.29, 1.82) is 5.26 Å². The van der Waals surface area contributed by atoms with Crippen LogP contribution in [0.3, 0.4) is 0 Å². The van der Waals surface area contributed by atoms with Crippen LogP contribution in [0.25, 0.3) is 0 Å². The summed E-state index contributed by atoms with van der Waals surface area (Å²) >= 11 is 0. The Morgan fingerprint density at radius 1 is 1.24 bits per heavy atom. The van der Waals surface area contributed by atoms with Gasteiger partial charge in [-0.25, -0.2) is 0 Å². The fourth-order valence-corrected chi connectivity index (χ4v) is 1.47. The number of hydrogen-bond acceptors (Lipinski definition) is 3. The van der Waals surface area contributed by atoms with Gasteiger partial charge >= 0.3 is 0 Å². The molecule has 3 heteroatoms. The van der Waals surface area contributed by atoms with E-state index >= 15 is 0 Å². The van der Waals surface area contributed by atoms with Gasteiger partial charge in [-0.2, -0.15) is 10.4 Å². The summed E-state index contributed by atoms with van der Waals surface area (Å²) in [5.74, 6) is 0. The van der Waals surface area contributed by atoms with Gasteiger partial charge in [0.25, 0.3) is 0 Å². The van der Waals surface area contributed by atoms with Crippen molar-refractivity contribution in [2.75, 3.05) is 5.43 Å². The van der Waals surface area contributed by atoms with Gasteiger partial charge in [-0.3, -0.25) is 5.43 Å². The van der Waals surface area contributed by atoms with Crippen LogP contribution in [-0.4, -0.2) is 6.21 Å². The summed E-state index contributed by atoms with van der Waals surface area (Å²) in [5, 5.41) is 12.8. The Balaban J connectivity index is 2.21. The third-order valence-corrected chi connectivity index (χ3v) is 2.49. The van der Waals surface area contributed by atoms with E-state index in [1.807, 2.05) is 18.3 Å². The highest BCUT2D eigenvalue weighted by atomic mass is 15.3. The lowest BCUT2D eigenvalue weighted by Crippen LogP contribution is -1.89. The van der Waals surface area contributed by atoms with E-state index in [-0.39, 0.29) is 0 Å². The SMILES string of the molecule is CCCCCC/C=N/Nc1ccc(C#N)cc1. The molecule has 0 saturated carbocycles. The molecule has 1 N–H and O–H groups in total. The second-order valence-electron chi connectivity index (χ2n) is 3.96. The minimum Gasteiger partial charge on any atom is -0.279 e. The predicted octanol–water partition coefficient (Wildman–Crippen LogP) is 3.93. The van der Waals surface area contributed by atoms with E-state index in [4.69, 9.17) is 5.26 Å². The summed E-state index contributed by atoms with van der Waals surface area (Å²) in [4.78, 5) is 0. The van der Waals surface area contributed by atoms with Crippen LogP contribution in [0.2, 0.25) is 0 Å². The average Bonchev–Trinajstić information content (AvgIpc) is 2.38. The molecule has 0 spiro atoms. The maximum atomic E-state index is 8.65. The fourth-order valence-electron chi connectivity index (χ4n) is 1.47. The molecular weight excluding hydrogens is 210 g/mol. The van der Waals surface area contributed by atoms with Crippen molar-refractivity contribution in [1.82, 2.24) is 0 Å².